The second kappa shape index (κ2) is 9.41. The molecule has 0 aliphatic carbocycles. The number of benzene rings is 1. The van der Waals surface area contributed by atoms with Gasteiger partial charge in [0.15, 0.2) is 0 Å². The predicted octanol–water partition coefficient (Wildman–Crippen LogP) is 4.93. The van der Waals surface area contributed by atoms with Gasteiger partial charge in [0.05, 0.1) is 10.7 Å². The maximum Gasteiger partial charge on any atom is 0.133 e. The van der Waals surface area contributed by atoms with Gasteiger partial charge in [0, 0.05) is 67.2 Å². The standard InChI is InChI=1S/C23H28ClN5S/c1-16(2)23-25-17(3)12-21(27-23)29-10-8-28(9-11-29)14-20-15-30-22(26-20)13-18-4-6-19(24)7-5-18/h4-7,12,15-16H,8-11,13-14H2,1-3H3. The Morgan fingerprint density at radius 1 is 1.03 bits per heavy atom. The van der Waals surface area contributed by atoms with Gasteiger partial charge >= 0.3 is 0 Å². The zero-order chi connectivity index (χ0) is 21.1. The summed E-state index contributed by atoms with van der Waals surface area (Å²) in [7, 11) is 0. The van der Waals surface area contributed by atoms with Crippen LogP contribution in [0.4, 0.5) is 5.82 Å². The minimum atomic E-state index is 0.344. The topological polar surface area (TPSA) is 45.2 Å². The van der Waals surface area contributed by atoms with Gasteiger partial charge in [0.2, 0.25) is 0 Å². The van der Waals surface area contributed by atoms with Crippen LogP contribution in [0.25, 0.3) is 0 Å². The van der Waals surface area contributed by atoms with E-state index in [-0.39, 0.29) is 0 Å². The zero-order valence-corrected chi connectivity index (χ0v) is 19.4. The van der Waals surface area contributed by atoms with Crippen molar-refractivity contribution in [1.29, 1.82) is 0 Å². The molecule has 0 unspecified atom stereocenters. The van der Waals surface area contributed by atoms with Crippen LogP contribution < -0.4 is 4.90 Å². The third-order valence-corrected chi connectivity index (χ3v) is 6.47. The van der Waals surface area contributed by atoms with Gasteiger partial charge in [-0.2, -0.15) is 0 Å². The van der Waals surface area contributed by atoms with Crippen molar-refractivity contribution in [2.24, 2.45) is 0 Å². The lowest BCUT2D eigenvalue weighted by Gasteiger charge is -2.35. The van der Waals surface area contributed by atoms with Crippen molar-refractivity contribution in [2.45, 2.75) is 39.7 Å². The fraction of sp³-hybridized carbons (Fsp3) is 0.435. The summed E-state index contributed by atoms with van der Waals surface area (Å²) in [6.07, 6.45) is 0.862. The molecule has 1 aliphatic rings. The first-order chi connectivity index (χ1) is 14.5. The summed E-state index contributed by atoms with van der Waals surface area (Å²) in [5.41, 5.74) is 3.45. The molecule has 1 fully saturated rings. The molecule has 158 valence electrons. The normalized spacial score (nSPS) is 15.2. The highest BCUT2D eigenvalue weighted by Crippen LogP contribution is 2.21. The summed E-state index contributed by atoms with van der Waals surface area (Å²) in [6, 6.07) is 10.1. The average molecular weight is 442 g/mol. The largest absolute Gasteiger partial charge is 0.354 e. The van der Waals surface area contributed by atoms with Gasteiger partial charge < -0.3 is 4.90 Å². The average Bonchev–Trinajstić information content (AvgIpc) is 3.16. The Bertz CT molecular complexity index is 978. The summed E-state index contributed by atoms with van der Waals surface area (Å²) in [4.78, 5) is 19.1. The Kier molecular flexibility index (Phi) is 6.66. The van der Waals surface area contributed by atoms with E-state index < -0.39 is 0 Å². The van der Waals surface area contributed by atoms with Crippen molar-refractivity contribution < 1.29 is 0 Å². The molecule has 30 heavy (non-hydrogen) atoms. The number of hydrogen-bond donors (Lipinski definition) is 0. The van der Waals surface area contributed by atoms with Crippen molar-refractivity contribution in [3.05, 3.63) is 68.5 Å². The van der Waals surface area contributed by atoms with Crippen LogP contribution in [-0.4, -0.2) is 46.0 Å². The molecule has 0 N–H and O–H groups in total. The fourth-order valence-electron chi connectivity index (χ4n) is 3.64. The zero-order valence-electron chi connectivity index (χ0n) is 17.8. The van der Waals surface area contributed by atoms with Crippen LogP contribution in [0.15, 0.2) is 35.7 Å². The van der Waals surface area contributed by atoms with Crippen molar-refractivity contribution in [3.63, 3.8) is 0 Å². The summed E-state index contributed by atoms with van der Waals surface area (Å²) in [5.74, 6) is 2.34. The molecule has 5 nitrogen and oxygen atoms in total. The number of aromatic nitrogens is 3. The SMILES string of the molecule is Cc1cc(N2CCN(Cc3csc(Cc4ccc(Cl)cc4)n3)CC2)nc(C(C)C)n1. The second-order valence-corrected chi connectivity index (χ2v) is 9.56. The maximum atomic E-state index is 5.98. The number of nitrogens with zero attached hydrogens (tertiary/aromatic N) is 5. The van der Waals surface area contributed by atoms with Crippen LogP contribution in [0.1, 0.15) is 47.5 Å². The number of rotatable bonds is 6. The number of anilines is 1. The van der Waals surface area contributed by atoms with E-state index in [1.54, 1.807) is 11.3 Å². The molecular formula is C23H28ClN5S. The smallest absolute Gasteiger partial charge is 0.133 e. The Labute approximate surface area is 187 Å². The molecule has 0 amide bonds. The van der Waals surface area contributed by atoms with E-state index in [4.69, 9.17) is 21.6 Å². The van der Waals surface area contributed by atoms with E-state index in [9.17, 15) is 0 Å². The molecule has 3 heterocycles. The van der Waals surface area contributed by atoms with Gasteiger partial charge in [0.1, 0.15) is 11.6 Å². The molecule has 7 heteroatoms. The molecule has 1 aromatic carbocycles. The van der Waals surface area contributed by atoms with Gasteiger partial charge in [-0.15, -0.1) is 11.3 Å². The van der Waals surface area contributed by atoms with E-state index in [0.717, 1.165) is 72.2 Å². The van der Waals surface area contributed by atoms with Crippen molar-refractivity contribution in [2.75, 3.05) is 31.1 Å². The molecule has 1 aliphatic heterocycles. The Hall–Kier alpha value is -2.02. The van der Waals surface area contributed by atoms with Crippen molar-refractivity contribution in [1.82, 2.24) is 19.9 Å². The Morgan fingerprint density at radius 3 is 2.47 bits per heavy atom. The number of aryl methyl sites for hydroxylation is 1. The highest BCUT2D eigenvalue weighted by Gasteiger charge is 2.20. The van der Waals surface area contributed by atoms with E-state index >= 15 is 0 Å². The number of piperazine rings is 1. The second-order valence-electron chi connectivity index (χ2n) is 8.18. The minimum Gasteiger partial charge on any atom is -0.354 e. The van der Waals surface area contributed by atoms with Crippen LogP contribution in [0.3, 0.4) is 0 Å². The highest BCUT2D eigenvalue weighted by molar-refractivity contribution is 7.09. The summed E-state index contributed by atoms with van der Waals surface area (Å²) < 4.78 is 0. The van der Waals surface area contributed by atoms with Gasteiger partial charge in [-0.1, -0.05) is 37.6 Å². The first kappa shape index (κ1) is 21.2. The van der Waals surface area contributed by atoms with E-state index in [2.05, 4.69) is 59.1 Å². The third-order valence-electron chi connectivity index (χ3n) is 5.32. The van der Waals surface area contributed by atoms with Gasteiger partial charge in [-0.3, -0.25) is 4.90 Å². The summed E-state index contributed by atoms with van der Waals surface area (Å²) >= 11 is 7.72. The van der Waals surface area contributed by atoms with Gasteiger partial charge in [-0.05, 0) is 24.6 Å². The Balaban J connectivity index is 1.32. The molecule has 2 aromatic heterocycles. The van der Waals surface area contributed by atoms with Crippen LogP contribution in [-0.2, 0) is 13.0 Å². The van der Waals surface area contributed by atoms with Crippen LogP contribution in [0, 0.1) is 6.92 Å². The summed E-state index contributed by atoms with van der Waals surface area (Å²) in [5, 5.41) is 4.12. The van der Waals surface area contributed by atoms with Crippen LogP contribution >= 0.6 is 22.9 Å². The molecule has 4 rings (SSSR count). The lowest BCUT2D eigenvalue weighted by atomic mass is 10.2. The monoisotopic (exact) mass is 441 g/mol. The predicted molar refractivity (Wildman–Crippen MR) is 125 cm³/mol. The number of hydrogen-bond acceptors (Lipinski definition) is 6. The fourth-order valence-corrected chi connectivity index (χ4v) is 4.58. The van der Waals surface area contributed by atoms with E-state index in [0.29, 0.717) is 5.92 Å². The minimum absolute atomic E-state index is 0.344. The number of halogens is 1. The highest BCUT2D eigenvalue weighted by atomic mass is 35.5. The molecule has 0 atom stereocenters. The molecule has 0 spiro atoms. The number of thiazole rings is 1. The maximum absolute atomic E-state index is 5.98. The Morgan fingerprint density at radius 2 is 1.77 bits per heavy atom. The quantitative estimate of drug-likeness (QED) is 0.542. The van der Waals surface area contributed by atoms with E-state index in [1.807, 2.05) is 12.1 Å². The van der Waals surface area contributed by atoms with E-state index in [1.165, 1.54) is 5.56 Å². The molecule has 0 bridgehead atoms. The lowest BCUT2D eigenvalue weighted by Crippen LogP contribution is -2.46. The summed E-state index contributed by atoms with van der Waals surface area (Å²) in [6.45, 7) is 11.2. The van der Waals surface area contributed by atoms with Crippen molar-refractivity contribution >= 4 is 28.8 Å². The van der Waals surface area contributed by atoms with Crippen LogP contribution in [0.5, 0.6) is 0 Å². The first-order valence-electron chi connectivity index (χ1n) is 10.5. The van der Waals surface area contributed by atoms with Crippen LogP contribution in [0.2, 0.25) is 5.02 Å². The molecule has 0 radical (unpaired) electrons. The molecule has 1 saturated heterocycles. The first-order valence-corrected chi connectivity index (χ1v) is 11.7. The molecule has 3 aromatic rings. The van der Waals surface area contributed by atoms with Gasteiger partial charge in [0.25, 0.3) is 0 Å². The third kappa shape index (κ3) is 5.36. The molecular weight excluding hydrogens is 414 g/mol. The van der Waals surface area contributed by atoms with Gasteiger partial charge in [-0.25, -0.2) is 15.0 Å². The lowest BCUT2D eigenvalue weighted by molar-refractivity contribution is 0.247. The van der Waals surface area contributed by atoms with Crippen molar-refractivity contribution in [3.8, 4) is 0 Å². The molecule has 0 saturated carbocycles.